The number of carbonyl (C=O) groups excluding carboxylic acids is 5. The van der Waals surface area contributed by atoms with Gasteiger partial charge >= 0.3 is 5.97 Å². The average molecular weight is 616 g/mol. The van der Waals surface area contributed by atoms with Crippen LogP contribution in [0.5, 0.6) is 0 Å². The molecule has 2 aromatic rings. The van der Waals surface area contributed by atoms with E-state index in [1.165, 1.54) is 18.7 Å². The van der Waals surface area contributed by atoms with Crippen molar-refractivity contribution in [3.8, 4) is 0 Å². The molecule has 0 saturated carbocycles. The van der Waals surface area contributed by atoms with Gasteiger partial charge in [-0.1, -0.05) is 30.3 Å². The van der Waals surface area contributed by atoms with E-state index >= 15 is 0 Å². The van der Waals surface area contributed by atoms with Crippen molar-refractivity contribution in [2.75, 3.05) is 11.9 Å². The van der Waals surface area contributed by atoms with E-state index in [-0.39, 0.29) is 25.1 Å². The number of amides is 5. The van der Waals surface area contributed by atoms with E-state index in [2.05, 4.69) is 21.3 Å². The zero-order valence-electron chi connectivity index (χ0n) is 24.3. The Balaban J connectivity index is 1.66. The van der Waals surface area contributed by atoms with Crippen LogP contribution in [0.2, 0.25) is 0 Å². The van der Waals surface area contributed by atoms with E-state index in [9.17, 15) is 37.5 Å². The number of carbonyl (C=O) groups is 6. The van der Waals surface area contributed by atoms with Crippen molar-refractivity contribution < 1.29 is 42.7 Å². The maximum Gasteiger partial charge on any atom is 0.303 e. The second-order valence-electron chi connectivity index (χ2n) is 10.5. The first-order chi connectivity index (χ1) is 20.8. The van der Waals surface area contributed by atoms with Gasteiger partial charge in [0.1, 0.15) is 35.8 Å². The van der Waals surface area contributed by atoms with E-state index < -0.39 is 77.7 Å². The average Bonchev–Trinajstić information content (AvgIpc) is 3.47. The molecule has 4 atom stereocenters. The number of likely N-dealkylation sites (tertiary alicyclic amines) is 1. The Labute approximate surface area is 252 Å². The molecule has 0 unspecified atom stereocenters. The highest BCUT2D eigenvalue weighted by molar-refractivity contribution is 5.99. The fraction of sp³-hybridized carbons (Fsp3) is 0.400. The van der Waals surface area contributed by atoms with Crippen LogP contribution in [0.1, 0.15) is 45.1 Å². The third-order valence-corrected chi connectivity index (χ3v) is 7.01. The second-order valence-corrected chi connectivity index (χ2v) is 10.5. The molecular formula is C30H35F2N5O7. The molecule has 0 bridgehead atoms. The summed E-state index contributed by atoms with van der Waals surface area (Å²) in [6.45, 7) is 3.03. The molecular weight excluding hydrogens is 580 g/mol. The monoisotopic (exact) mass is 615 g/mol. The molecule has 1 saturated heterocycles. The first-order valence-electron chi connectivity index (χ1n) is 14.1. The predicted molar refractivity (Wildman–Crippen MR) is 154 cm³/mol. The highest BCUT2D eigenvalue weighted by atomic mass is 19.1. The van der Waals surface area contributed by atoms with Crippen molar-refractivity contribution >= 4 is 41.2 Å². The minimum Gasteiger partial charge on any atom is -0.481 e. The third kappa shape index (κ3) is 9.57. The van der Waals surface area contributed by atoms with Crippen LogP contribution in [-0.2, 0) is 35.2 Å². The number of rotatable bonds is 13. The molecule has 1 fully saturated rings. The van der Waals surface area contributed by atoms with E-state index in [1.54, 1.807) is 30.3 Å². The normalized spacial score (nSPS) is 16.3. The van der Waals surface area contributed by atoms with Crippen LogP contribution < -0.4 is 21.3 Å². The molecule has 0 radical (unpaired) electrons. The lowest BCUT2D eigenvalue weighted by molar-refractivity contribution is -0.142. The predicted octanol–water partition coefficient (Wildman–Crippen LogP) is 1.50. The van der Waals surface area contributed by atoms with E-state index in [1.807, 2.05) is 0 Å². The highest BCUT2D eigenvalue weighted by Crippen LogP contribution is 2.20. The Morgan fingerprint density at radius 2 is 1.61 bits per heavy atom. The Kier molecular flexibility index (Phi) is 11.9. The lowest BCUT2D eigenvalue weighted by Crippen LogP contribution is -2.56. The molecule has 1 aliphatic rings. The van der Waals surface area contributed by atoms with Crippen molar-refractivity contribution in [3.63, 3.8) is 0 Å². The Morgan fingerprint density at radius 1 is 0.909 bits per heavy atom. The number of carboxylic acid groups (broad SMARTS) is 1. The van der Waals surface area contributed by atoms with Crippen molar-refractivity contribution in [1.29, 1.82) is 0 Å². The molecule has 5 amide bonds. The lowest BCUT2D eigenvalue weighted by Gasteiger charge is -2.29. The largest absolute Gasteiger partial charge is 0.481 e. The summed E-state index contributed by atoms with van der Waals surface area (Å²) >= 11 is 0. The van der Waals surface area contributed by atoms with Crippen LogP contribution in [0.3, 0.4) is 0 Å². The van der Waals surface area contributed by atoms with Gasteiger partial charge in [-0.2, -0.15) is 0 Å². The van der Waals surface area contributed by atoms with Gasteiger partial charge in [0, 0.05) is 25.5 Å². The first kappa shape index (κ1) is 33.6. The summed E-state index contributed by atoms with van der Waals surface area (Å²) in [5, 5.41) is 18.6. The smallest absolute Gasteiger partial charge is 0.303 e. The third-order valence-electron chi connectivity index (χ3n) is 7.01. The summed E-state index contributed by atoms with van der Waals surface area (Å²) in [6, 6.07) is 7.20. The van der Waals surface area contributed by atoms with E-state index in [0.29, 0.717) is 24.5 Å². The molecule has 44 heavy (non-hydrogen) atoms. The molecule has 236 valence electrons. The van der Waals surface area contributed by atoms with Gasteiger partial charge in [-0.05, 0) is 44.4 Å². The maximum absolute atomic E-state index is 14.2. The van der Waals surface area contributed by atoms with Gasteiger partial charge in [0.15, 0.2) is 0 Å². The lowest BCUT2D eigenvalue weighted by atomic mass is 10.0. The van der Waals surface area contributed by atoms with Gasteiger partial charge in [-0.25, -0.2) is 8.78 Å². The number of halogens is 2. The topological polar surface area (TPSA) is 174 Å². The summed E-state index contributed by atoms with van der Waals surface area (Å²) < 4.78 is 27.6. The van der Waals surface area contributed by atoms with Gasteiger partial charge < -0.3 is 31.3 Å². The van der Waals surface area contributed by atoms with Crippen molar-refractivity contribution in [2.24, 2.45) is 0 Å². The number of carboxylic acids is 1. The summed E-state index contributed by atoms with van der Waals surface area (Å²) in [6.07, 6.45) is 0.112. The van der Waals surface area contributed by atoms with Crippen molar-refractivity contribution in [1.82, 2.24) is 20.9 Å². The standard InChI is InChI=1S/C30H35F2N5O7/c1-17(33-25(38)12-13-26(39)40)27(41)34-18(2)30(44)37-14-6-9-24(37)29(43)36-23(15-19-7-4-3-5-8-19)28(42)35-22-11-10-20(31)16-21(22)32/h3-5,7-8,10-11,16-18,23-24H,6,9,12-15H2,1-2H3,(H,33,38)(H,34,41)(H,35,42)(H,36,43)(H,39,40)/t17-,18-,23-,24-/m0/s1. The molecule has 0 aromatic heterocycles. The molecule has 1 aliphatic heterocycles. The van der Waals surface area contributed by atoms with Crippen LogP contribution in [-0.4, -0.2) is 76.2 Å². The number of nitrogens with one attached hydrogen (secondary N) is 4. The van der Waals surface area contributed by atoms with Gasteiger partial charge in [-0.15, -0.1) is 0 Å². The summed E-state index contributed by atoms with van der Waals surface area (Å²) in [5.74, 6) is -6.20. The Morgan fingerprint density at radius 3 is 2.27 bits per heavy atom. The number of hydrogen-bond donors (Lipinski definition) is 5. The zero-order valence-corrected chi connectivity index (χ0v) is 24.3. The number of anilines is 1. The van der Waals surface area contributed by atoms with Crippen LogP contribution in [0.4, 0.5) is 14.5 Å². The minimum absolute atomic E-state index is 0.0461. The number of aliphatic carboxylic acids is 1. The highest BCUT2D eigenvalue weighted by Gasteiger charge is 2.38. The number of nitrogens with zero attached hydrogens (tertiary/aromatic N) is 1. The quantitative estimate of drug-likeness (QED) is 0.227. The molecule has 5 N–H and O–H groups in total. The van der Waals surface area contributed by atoms with Gasteiger partial charge in [0.25, 0.3) is 0 Å². The fourth-order valence-corrected chi connectivity index (χ4v) is 4.69. The van der Waals surface area contributed by atoms with E-state index in [0.717, 1.165) is 12.1 Å². The summed E-state index contributed by atoms with van der Waals surface area (Å²) in [7, 11) is 0. The van der Waals surface area contributed by atoms with Crippen LogP contribution in [0, 0.1) is 11.6 Å². The maximum atomic E-state index is 14.2. The van der Waals surface area contributed by atoms with Crippen molar-refractivity contribution in [2.45, 2.75) is 70.1 Å². The van der Waals surface area contributed by atoms with Crippen molar-refractivity contribution in [3.05, 3.63) is 65.7 Å². The second kappa shape index (κ2) is 15.5. The molecule has 0 spiro atoms. The molecule has 0 aliphatic carbocycles. The van der Waals surface area contributed by atoms with Gasteiger partial charge in [-0.3, -0.25) is 28.8 Å². The first-order valence-corrected chi connectivity index (χ1v) is 14.1. The van der Waals surface area contributed by atoms with Crippen LogP contribution in [0.15, 0.2) is 48.5 Å². The van der Waals surface area contributed by atoms with E-state index in [4.69, 9.17) is 5.11 Å². The molecule has 1 heterocycles. The molecule has 2 aromatic carbocycles. The van der Waals surface area contributed by atoms with Crippen LogP contribution >= 0.6 is 0 Å². The fourth-order valence-electron chi connectivity index (χ4n) is 4.69. The molecule has 12 nitrogen and oxygen atoms in total. The Hall–Kier alpha value is -4.88. The summed E-state index contributed by atoms with van der Waals surface area (Å²) in [4.78, 5) is 76.2. The minimum atomic E-state index is -1.17. The molecule has 3 rings (SSSR count). The van der Waals surface area contributed by atoms with Gasteiger partial charge in [0.2, 0.25) is 29.5 Å². The number of benzene rings is 2. The summed E-state index contributed by atoms with van der Waals surface area (Å²) in [5.41, 5.74) is 0.436. The Bertz CT molecular complexity index is 1390. The van der Waals surface area contributed by atoms with Gasteiger partial charge in [0.05, 0.1) is 12.1 Å². The van der Waals surface area contributed by atoms with Crippen LogP contribution in [0.25, 0.3) is 0 Å². The SMILES string of the molecule is C[C@H](NC(=O)CCC(=O)O)C(=O)N[C@@H](C)C(=O)N1CCC[C@H]1C(=O)N[C@@H](Cc1ccccc1)C(=O)Nc1ccc(F)cc1F. The zero-order chi connectivity index (χ0) is 32.4. The number of hydrogen-bond acceptors (Lipinski definition) is 6. The molecule has 14 heteroatoms.